The van der Waals surface area contributed by atoms with E-state index in [2.05, 4.69) is 10.3 Å². The minimum Gasteiger partial charge on any atom is -0.481 e. The molecule has 0 aromatic carbocycles. The van der Waals surface area contributed by atoms with Gasteiger partial charge in [0.2, 0.25) is 0 Å². The molecule has 15 heavy (non-hydrogen) atoms. The van der Waals surface area contributed by atoms with Crippen LogP contribution in [0.2, 0.25) is 0 Å². The molecule has 0 spiro atoms. The van der Waals surface area contributed by atoms with Crippen molar-refractivity contribution in [1.29, 1.82) is 0 Å². The maximum absolute atomic E-state index is 10.5. The zero-order valence-electron chi connectivity index (χ0n) is 8.44. The molecule has 1 aromatic rings. The maximum Gasteiger partial charge on any atom is 0.303 e. The van der Waals surface area contributed by atoms with Crippen LogP contribution < -0.4 is 5.32 Å². The predicted molar refractivity (Wildman–Crippen MR) is 55.6 cm³/mol. The molecular formula is C11H14N2O2. The van der Waals surface area contributed by atoms with E-state index >= 15 is 0 Å². The van der Waals surface area contributed by atoms with Crippen molar-refractivity contribution >= 4 is 5.97 Å². The van der Waals surface area contributed by atoms with Crippen LogP contribution in [-0.2, 0) is 11.2 Å². The number of pyridine rings is 1. The summed E-state index contributed by atoms with van der Waals surface area (Å²) in [5.74, 6) is -0.738. The Morgan fingerprint density at radius 1 is 1.67 bits per heavy atom. The Hall–Kier alpha value is -1.42. The van der Waals surface area contributed by atoms with E-state index < -0.39 is 5.97 Å². The number of rotatable bonds is 3. The van der Waals surface area contributed by atoms with Crippen LogP contribution in [0.1, 0.15) is 30.0 Å². The molecule has 80 valence electrons. The number of nitrogens with one attached hydrogen (secondary N) is 1. The Kier molecular flexibility index (Phi) is 2.97. The van der Waals surface area contributed by atoms with Crippen LogP contribution >= 0.6 is 0 Å². The lowest BCUT2D eigenvalue weighted by atomic mass is 9.93. The third-order valence-electron chi connectivity index (χ3n) is 2.75. The maximum atomic E-state index is 10.5. The lowest BCUT2D eigenvalue weighted by Gasteiger charge is -2.26. The molecule has 0 bridgehead atoms. The average Bonchev–Trinajstić information content (AvgIpc) is 2.26. The first-order valence-electron chi connectivity index (χ1n) is 5.15. The van der Waals surface area contributed by atoms with E-state index in [0.717, 1.165) is 13.0 Å². The third-order valence-corrected chi connectivity index (χ3v) is 2.75. The first kappa shape index (κ1) is 10.1. The topological polar surface area (TPSA) is 62.2 Å². The predicted octanol–water partition coefficient (Wildman–Crippen LogP) is 1.13. The second-order valence-corrected chi connectivity index (χ2v) is 3.76. The molecule has 2 N–H and O–H groups in total. The smallest absolute Gasteiger partial charge is 0.303 e. The first-order valence-corrected chi connectivity index (χ1v) is 5.15. The average molecular weight is 206 g/mol. The van der Waals surface area contributed by atoms with E-state index in [4.69, 9.17) is 5.11 Å². The summed E-state index contributed by atoms with van der Waals surface area (Å²) in [5.41, 5.74) is 2.45. The highest BCUT2D eigenvalue weighted by Crippen LogP contribution is 2.25. The largest absolute Gasteiger partial charge is 0.481 e. The highest BCUT2D eigenvalue weighted by molar-refractivity contribution is 5.66. The van der Waals surface area contributed by atoms with Crippen molar-refractivity contribution in [3.8, 4) is 0 Å². The van der Waals surface area contributed by atoms with Crippen LogP contribution in [0, 0.1) is 0 Å². The Labute approximate surface area is 88.3 Å². The van der Waals surface area contributed by atoms with E-state index in [0.29, 0.717) is 6.42 Å². The van der Waals surface area contributed by atoms with Gasteiger partial charge in [-0.05, 0) is 36.6 Å². The highest BCUT2D eigenvalue weighted by atomic mass is 16.4. The van der Waals surface area contributed by atoms with Gasteiger partial charge in [-0.2, -0.15) is 0 Å². The highest BCUT2D eigenvalue weighted by Gasteiger charge is 2.19. The van der Waals surface area contributed by atoms with E-state index in [9.17, 15) is 4.79 Å². The summed E-state index contributed by atoms with van der Waals surface area (Å²) >= 11 is 0. The molecular weight excluding hydrogens is 192 g/mol. The van der Waals surface area contributed by atoms with Crippen LogP contribution in [0.25, 0.3) is 0 Å². The summed E-state index contributed by atoms with van der Waals surface area (Å²) < 4.78 is 0. The van der Waals surface area contributed by atoms with Gasteiger partial charge in [0, 0.05) is 24.9 Å². The molecule has 2 rings (SSSR count). The number of hydrogen-bond donors (Lipinski definition) is 2. The van der Waals surface area contributed by atoms with Gasteiger partial charge < -0.3 is 10.4 Å². The number of hydrogen-bond acceptors (Lipinski definition) is 3. The van der Waals surface area contributed by atoms with E-state index in [1.165, 1.54) is 11.1 Å². The van der Waals surface area contributed by atoms with Gasteiger partial charge in [-0.3, -0.25) is 9.78 Å². The Morgan fingerprint density at radius 2 is 2.53 bits per heavy atom. The van der Waals surface area contributed by atoms with E-state index in [1.807, 2.05) is 12.3 Å². The zero-order chi connectivity index (χ0) is 10.7. The summed E-state index contributed by atoms with van der Waals surface area (Å²) in [7, 11) is 0. The van der Waals surface area contributed by atoms with Crippen LogP contribution in [0.5, 0.6) is 0 Å². The second kappa shape index (κ2) is 4.40. The number of nitrogens with zero attached hydrogens (tertiary/aromatic N) is 1. The molecule has 1 aliphatic heterocycles. The number of fused-ring (bicyclic) bond motifs is 1. The van der Waals surface area contributed by atoms with Gasteiger partial charge in [0.1, 0.15) is 0 Å². The molecule has 1 aromatic heterocycles. The molecule has 0 radical (unpaired) electrons. The van der Waals surface area contributed by atoms with Crippen LogP contribution in [0.3, 0.4) is 0 Å². The molecule has 0 saturated carbocycles. The lowest BCUT2D eigenvalue weighted by Crippen LogP contribution is -2.30. The first-order chi connectivity index (χ1) is 7.27. The fourth-order valence-electron chi connectivity index (χ4n) is 2.00. The van der Waals surface area contributed by atoms with Crippen molar-refractivity contribution in [2.45, 2.75) is 25.3 Å². The van der Waals surface area contributed by atoms with Crippen LogP contribution in [0.4, 0.5) is 0 Å². The van der Waals surface area contributed by atoms with Crippen molar-refractivity contribution < 1.29 is 9.90 Å². The molecule has 1 aliphatic rings. The van der Waals surface area contributed by atoms with E-state index in [-0.39, 0.29) is 12.5 Å². The number of aliphatic carboxylic acids is 1. The Morgan fingerprint density at radius 3 is 3.33 bits per heavy atom. The monoisotopic (exact) mass is 206 g/mol. The molecule has 1 atom stereocenters. The van der Waals surface area contributed by atoms with Crippen molar-refractivity contribution in [1.82, 2.24) is 10.3 Å². The lowest BCUT2D eigenvalue weighted by molar-refractivity contribution is -0.137. The number of carboxylic acid groups (broad SMARTS) is 1. The molecule has 4 heteroatoms. The van der Waals surface area contributed by atoms with Crippen LogP contribution in [-0.4, -0.2) is 22.6 Å². The van der Waals surface area contributed by atoms with Gasteiger partial charge in [-0.1, -0.05) is 0 Å². The summed E-state index contributed by atoms with van der Waals surface area (Å²) in [4.78, 5) is 14.6. The van der Waals surface area contributed by atoms with E-state index in [1.54, 1.807) is 6.20 Å². The number of carbonyl (C=O) groups is 1. The fraction of sp³-hybridized carbons (Fsp3) is 0.455. The van der Waals surface area contributed by atoms with Gasteiger partial charge in [-0.25, -0.2) is 0 Å². The minimum atomic E-state index is -0.738. The molecule has 0 amide bonds. The Balaban J connectivity index is 2.11. The molecule has 1 unspecified atom stereocenters. The quantitative estimate of drug-likeness (QED) is 0.778. The molecule has 0 fully saturated rings. The summed E-state index contributed by atoms with van der Waals surface area (Å²) in [6.07, 6.45) is 5.47. The van der Waals surface area contributed by atoms with Crippen molar-refractivity contribution in [3.63, 3.8) is 0 Å². The summed E-state index contributed by atoms with van der Waals surface area (Å²) in [6, 6.07) is 2.15. The van der Waals surface area contributed by atoms with Crippen molar-refractivity contribution in [2.24, 2.45) is 0 Å². The number of carboxylic acids is 1. The standard InChI is InChI=1S/C11H14N2O2/c14-11(15)2-1-10-9-4-5-12-7-8(9)3-6-13-10/h4-5,7,10,13H,1-3,6H2,(H,14,15). The van der Waals surface area contributed by atoms with Gasteiger partial charge in [0.15, 0.2) is 0 Å². The van der Waals surface area contributed by atoms with Gasteiger partial charge in [0.25, 0.3) is 0 Å². The molecule has 2 heterocycles. The van der Waals surface area contributed by atoms with Gasteiger partial charge in [0.05, 0.1) is 0 Å². The second-order valence-electron chi connectivity index (χ2n) is 3.76. The van der Waals surface area contributed by atoms with Crippen molar-refractivity contribution in [3.05, 3.63) is 29.6 Å². The summed E-state index contributed by atoms with van der Waals surface area (Å²) in [5, 5.41) is 12.0. The van der Waals surface area contributed by atoms with Crippen molar-refractivity contribution in [2.75, 3.05) is 6.54 Å². The normalized spacial score (nSPS) is 19.6. The number of aromatic nitrogens is 1. The van der Waals surface area contributed by atoms with Gasteiger partial charge >= 0.3 is 5.97 Å². The molecule has 0 saturated heterocycles. The minimum absolute atomic E-state index is 0.174. The zero-order valence-corrected chi connectivity index (χ0v) is 8.44. The fourth-order valence-corrected chi connectivity index (χ4v) is 2.00. The SMILES string of the molecule is O=C(O)CCC1NCCc2cnccc21. The molecule has 4 nitrogen and oxygen atoms in total. The Bertz CT molecular complexity index is 365. The third kappa shape index (κ3) is 2.33. The van der Waals surface area contributed by atoms with Crippen LogP contribution in [0.15, 0.2) is 18.5 Å². The van der Waals surface area contributed by atoms with Gasteiger partial charge in [-0.15, -0.1) is 0 Å². The molecule has 0 aliphatic carbocycles. The summed E-state index contributed by atoms with van der Waals surface area (Å²) in [6.45, 7) is 0.906.